The number of thiophene rings is 1. The van der Waals surface area contributed by atoms with Crippen molar-refractivity contribution < 1.29 is 0 Å². The van der Waals surface area contributed by atoms with Crippen molar-refractivity contribution in [2.24, 2.45) is 0 Å². The van der Waals surface area contributed by atoms with Crippen LogP contribution in [0.1, 0.15) is 11.5 Å². The summed E-state index contributed by atoms with van der Waals surface area (Å²) in [4.78, 5) is 2.54. The van der Waals surface area contributed by atoms with E-state index < -0.39 is 0 Å². The summed E-state index contributed by atoms with van der Waals surface area (Å²) in [5.74, 6) is 0.119. The van der Waals surface area contributed by atoms with Crippen LogP contribution in [0.5, 0.6) is 0 Å². The normalized spacial score (nSPS) is 14.7. The zero-order chi connectivity index (χ0) is 44.3. The molecule has 0 fully saturated rings. The average Bonchev–Trinajstić information content (AvgIpc) is 3.95. The molecule has 13 rings (SSSR count). The van der Waals surface area contributed by atoms with E-state index in [0.717, 1.165) is 11.4 Å². The van der Waals surface area contributed by atoms with Crippen molar-refractivity contribution in [2.45, 2.75) is 12.0 Å². The highest BCUT2D eigenvalue weighted by atomic mass is 32.1. The third-order valence-corrected chi connectivity index (χ3v) is 14.9. The highest BCUT2D eigenvalue weighted by molar-refractivity contribution is 7.25. The van der Waals surface area contributed by atoms with E-state index in [1.165, 1.54) is 97.4 Å². The van der Waals surface area contributed by atoms with Crippen LogP contribution in [0.15, 0.2) is 255 Å². The van der Waals surface area contributed by atoms with E-state index in [1.54, 1.807) is 0 Å². The molecule has 1 aliphatic carbocycles. The molecule has 0 amide bonds. The number of allylic oxidation sites excluding steroid dienone is 2. The van der Waals surface area contributed by atoms with Crippen LogP contribution in [0, 0.1) is 0 Å². The Hall–Kier alpha value is -8.24. The van der Waals surface area contributed by atoms with Crippen molar-refractivity contribution in [1.29, 1.82) is 0 Å². The van der Waals surface area contributed by atoms with Crippen molar-refractivity contribution in [2.75, 3.05) is 4.90 Å². The predicted molar refractivity (Wildman–Crippen MR) is 287 cm³/mol. The van der Waals surface area contributed by atoms with Gasteiger partial charge in [0.25, 0.3) is 0 Å². The van der Waals surface area contributed by atoms with Gasteiger partial charge in [0.1, 0.15) is 0 Å². The Kier molecular flexibility index (Phi) is 9.54. The minimum atomic E-state index is 0.0228. The third kappa shape index (κ3) is 6.86. The van der Waals surface area contributed by atoms with Gasteiger partial charge < -0.3 is 9.47 Å². The number of para-hydroxylation sites is 3. The van der Waals surface area contributed by atoms with Gasteiger partial charge in [0, 0.05) is 53.8 Å². The van der Waals surface area contributed by atoms with Crippen LogP contribution in [-0.2, 0) is 0 Å². The molecule has 0 spiro atoms. The Balaban J connectivity index is 0.902. The molecule has 2 unspecified atom stereocenters. The van der Waals surface area contributed by atoms with Crippen molar-refractivity contribution in [1.82, 2.24) is 4.57 Å². The van der Waals surface area contributed by atoms with Gasteiger partial charge in [0.15, 0.2) is 0 Å². The minimum Gasteiger partial charge on any atom is -0.334 e. The number of aromatic nitrogens is 1. The topological polar surface area (TPSA) is 8.17 Å². The minimum absolute atomic E-state index is 0.0228. The molecule has 0 aliphatic heterocycles. The number of rotatable bonds is 8. The lowest BCUT2D eigenvalue weighted by Crippen LogP contribution is -2.35. The molecule has 316 valence electrons. The van der Waals surface area contributed by atoms with Crippen molar-refractivity contribution in [3.05, 3.63) is 260 Å². The first-order valence-electron chi connectivity index (χ1n) is 23.2. The first-order valence-corrected chi connectivity index (χ1v) is 24.0. The van der Waals surface area contributed by atoms with Crippen molar-refractivity contribution >= 4 is 75.5 Å². The number of benzene rings is 10. The zero-order valence-corrected chi connectivity index (χ0v) is 37.5. The Morgan fingerprint density at radius 1 is 0.373 bits per heavy atom. The molecule has 2 atom stereocenters. The second-order valence-corrected chi connectivity index (χ2v) is 18.7. The molecule has 67 heavy (non-hydrogen) atoms. The van der Waals surface area contributed by atoms with Gasteiger partial charge in [-0.05, 0) is 111 Å². The first kappa shape index (κ1) is 39.2. The molecular weight excluding hydrogens is 829 g/mol. The van der Waals surface area contributed by atoms with Gasteiger partial charge in [-0.3, -0.25) is 0 Å². The second kappa shape index (κ2) is 16.3. The van der Waals surface area contributed by atoms with E-state index in [2.05, 4.69) is 264 Å². The molecule has 3 heteroatoms. The van der Waals surface area contributed by atoms with Crippen LogP contribution >= 0.6 is 11.3 Å². The van der Waals surface area contributed by atoms with Gasteiger partial charge in [-0.1, -0.05) is 188 Å². The average molecular weight is 873 g/mol. The van der Waals surface area contributed by atoms with E-state index in [-0.39, 0.29) is 12.0 Å². The summed E-state index contributed by atoms with van der Waals surface area (Å²) in [7, 11) is 0. The number of hydrogen-bond donors (Lipinski definition) is 0. The van der Waals surface area contributed by atoms with Crippen LogP contribution < -0.4 is 4.90 Å². The highest BCUT2D eigenvalue weighted by Gasteiger charge is 2.29. The zero-order valence-electron chi connectivity index (χ0n) is 36.7. The van der Waals surface area contributed by atoms with E-state index in [0.29, 0.717) is 0 Å². The molecule has 2 nitrogen and oxygen atoms in total. The molecule has 2 aromatic heterocycles. The standard InChI is InChI=1S/C64H44N2S/c1-2-15-46-41-49(29-28-43(46)14-1)48-17-13-16-47(40-48)44-30-35-51(36-31-44)65(59-23-8-4-19-54(59)50-34-39-58-57-22-7-12-27-63(57)67-64(58)42-50)52-37-32-45(33-38-52)53-18-3-9-24-60(53)66-61-25-10-5-20-55(61)56-21-6-11-26-62(56)66/h1-42,54,59H. The van der Waals surface area contributed by atoms with Crippen LogP contribution in [0.25, 0.3) is 91.8 Å². The molecule has 1 aliphatic rings. The molecule has 12 aromatic rings. The van der Waals surface area contributed by atoms with Crippen molar-refractivity contribution in [3.63, 3.8) is 0 Å². The number of hydrogen-bond acceptors (Lipinski definition) is 2. The summed E-state index contributed by atoms with van der Waals surface area (Å²) in [6.45, 7) is 0. The lowest BCUT2D eigenvalue weighted by Gasteiger charge is -2.37. The van der Waals surface area contributed by atoms with Crippen LogP contribution in [0.2, 0.25) is 0 Å². The van der Waals surface area contributed by atoms with E-state index in [4.69, 9.17) is 0 Å². The smallest absolute Gasteiger partial charge is 0.0628 e. The molecule has 0 saturated carbocycles. The van der Waals surface area contributed by atoms with Crippen LogP contribution in [-0.4, -0.2) is 10.6 Å². The molecule has 0 bridgehead atoms. The molecule has 0 N–H and O–H groups in total. The summed E-state index contributed by atoms with van der Waals surface area (Å²) in [5.41, 5.74) is 14.4. The molecular formula is C64H44N2S. The maximum atomic E-state index is 2.54. The van der Waals surface area contributed by atoms with Gasteiger partial charge in [-0.2, -0.15) is 0 Å². The fourth-order valence-electron chi connectivity index (χ4n) is 10.6. The predicted octanol–water partition coefficient (Wildman–Crippen LogP) is 17.7. The third-order valence-electron chi connectivity index (χ3n) is 13.8. The number of anilines is 2. The summed E-state index contributed by atoms with van der Waals surface area (Å²) >= 11 is 1.88. The maximum absolute atomic E-state index is 2.54. The van der Waals surface area contributed by atoms with E-state index >= 15 is 0 Å². The monoisotopic (exact) mass is 872 g/mol. The van der Waals surface area contributed by atoms with Crippen LogP contribution in [0.3, 0.4) is 0 Å². The summed E-state index contributed by atoms with van der Waals surface area (Å²) in [6.07, 6.45) is 9.20. The Labute approximate surface area is 394 Å². The summed E-state index contributed by atoms with van der Waals surface area (Å²) in [5, 5.41) is 7.69. The first-order chi connectivity index (χ1) is 33.2. The number of fused-ring (bicyclic) bond motifs is 7. The Morgan fingerprint density at radius 2 is 0.955 bits per heavy atom. The van der Waals surface area contributed by atoms with Gasteiger partial charge in [0.2, 0.25) is 0 Å². The highest BCUT2D eigenvalue weighted by Crippen LogP contribution is 2.43. The quantitative estimate of drug-likeness (QED) is 0.148. The maximum Gasteiger partial charge on any atom is 0.0628 e. The summed E-state index contributed by atoms with van der Waals surface area (Å²) < 4.78 is 5.08. The fraction of sp³-hybridized carbons (Fsp3) is 0.0312. The molecule has 2 heterocycles. The molecule has 0 radical (unpaired) electrons. The van der Waals surface area contributed by atoms with Gasteiger partial charge in [-0.15, -0.1) is 11.3 Å². The fourth-order valence-corrected chi connectivity index (χ4v) is 11.7. The molecule has 10 aromatic carbocycles. The SMILES string of the molecule is C1=CC(c2ccc3c(c2)sc2ccccc23)C(N(c2ccc(-c3cccc(-c4ccc5ccccc5c4)c3)cc2)c2ccc(-c3ccccc3-n3c4ccccc4c4ccccc43)cc2)C=C1. The summed E-state index contributed by atoms with van der Waals surface area (Å²) in [6, 6.07) is 84.9. The largest absolute Gasteiger partial charge is 0.334 e. The Morgan fingerprint density at radius 3 is 1.73 bits per heavy atom. The van der Waals surface area contributed by atoms with Gasteiger partial charge in [0.05, 0.1) is 22.8 Å². The number of nitrogens with zero attached hydrogens (tertiary/aromatic N) is 2. The lowest BCUT2D eigenvalue weighted by molar-refractivity contribution is 0.691. The van der Waals surface area contributed by atoms with Crippen molar-refractivity contribution in [3.8, 4) is 39.1 Å². The Bertz CT molecular complexity index is 3830. The van der Waals surface area contributed by atoms with E-state index in [1.807, 2.05) is 11.3 Å². The van der Waals surface area contributed by atoms with Crippen LogP contribution in [0.4, 0.5) is 11.4 Å². The molecule has 0 saturated heterocycles. The lowest BCUT2D eigenvalue weighted by atomic mass is 9.86. The van der Waals surface area contributed by atoms with E-state index in [9.17, 15) is 0 Å². The van der Waals surface area contributed by atoms with Gasteiger partial charge >= 0.3 is 0 Å². The van der Waals surface area contributed by atoms with Gasteiger partial charge in [-0.25, -0.2) is 0 Å². The second-order valence-electron chi connectivity index (χ2n) is 17.6.